The largest absolute Gasteiger partial charge is 0.465 e. The number of fused-ring (bicyclic) bond motifs is 2. The van der Waals surface area contributed by atoms with Gasteiger partial charge in [0, 0.05) is 0 Å². The first-order valence-electron chi connectivity index (χ1n) is 8.53. The van der Waals surface area contributed by atoms with Crippen molar-refractivity contribution in [3.05, 3.63) is 58.7 Å². The molecule has 148 valence electrons. The summed E-state index contributed by atoms with van der Waals surface area (Å²) in [7, 11) is -2.62. The fourth-order valence-corrected chi connectivity index (χ4v) is 5.08. The molecule has 1 aliphatic rings. The topological polar surface area (TPSA) is 127 Å². The van der Waals surface area contributed by atoms with E-state index in [1.54, 1.807) is 25.1 Å². The lowest BCUT2D eigenvalue weighted by molar-refractivity contribution is -0.0710. The molecule has 0 bridgehead atoms. The zero-order chi connectivity index (χ0) is 20.6. The lowest BCUT2D eigenvalue weighted by Crippen LogP contribution is -2.34. The smallest absolute Gasteiger partial charge is 0.339 e. The van der Waals surface area contributed by atoms with Crippen LogP contribution in [0.2, 0.25) is 0 Å². The number of carbonyl (C=O) groups excluding carboxylic acids is 2. The number of hydrogen-bond acceptors (Lipinski definition) is 6. The van der Waals surface area contributed by atoms with E-state index >= 15 is 0 Å². The van der Waals surface area contributed by atoms with Crippen molar-refractivity contribution >= 4 is 21.8 Å². The zero-order valence-electron chi connectivity index (χ0n) is 15.4. The van der Waals surface area contributed by atoms with Crippen LogP contribution in [0.3, 0.4) is 0 Å². The highest BCUT2D eigenvalue weighted by atomic mass is 32.2. The van der Waals surface area contributed by atoms with Crippen molar-refractivity contribution in [1.29, 1.82) is 0 Å². The number of nitrogens with two attached hydrogens (primary N) is 1. The van der Waals surface area contributed by atoms with Gasteiger partial charge >= 0.3 is 12.0 Å². The van der Waals surface area contributed by atoms with Gasteiger partial charge in [-0.2, -0.15) is 5.06 Å². The van der Waals surface area contributed by atoms with Crippen LogP contribution in [0.5, 0.6) is 0 Å². The summed E-state index contributed by atoms with van der Waals surface area (Å²) < 4.78 is 31.1. The Morgan fingerprint density at radius 3 is 2.43 bits per heavy atom. The van der Waals surface area contributed by atoms with Crippen LogP contribution < -0.4 is 5.73 Å². The van der Waals surface area contributed by atoms with E-state index in [2.05, 4.69) is 4.74 Å². The Bertz CT molecular complexity index is 1060. The molecule has 2 aromatic rings. The van der Waals surface area contributed by atoms with E-state index in [0.717, 1.165) is 0 Å². The SMILES string of the molecule is COC(=O)c1ccc2c(c1)S(=O)(=O)c1ccc(C(C)N(O)C(N)=O)cc1CC2. The molecule has 1 unspecified atom stereocenters. The number of esters is 1. The second kappa shape index (κ2) is 7.25. The fraction of sp³-hybridized carbons (Fsp3) is 0.263. The molecule has 2 amide bonds. The molecule has 0 aliphatic carbocycles. The molecular formula is C19H20N2O6S. The Morgan fingerprint density at radius 2 is 1.79 bits per heavy atom. The molecule has 0 aromatic heterocycles. The first-order valence-corrected chi connectivity index (χ1v) is 10.0. The van der Waals surface area contributed by atoms with Gasteiger partial charge in [0.15, 0.2) is 0 Å². The molecule has 1 atom stereocenters. The van der Waals surface area contributed by atoms with Crippen LogP contribution in [-0.2, 0) is 27.4 Å². The number of benzene rings is 2. The summed E-state index contributed by atoms with van der Waals surface area (Å²) >= 11 is 0. The lowest BCUT2D eigenvalue weighted by Gasteiger charge is -2.21. The van der Waals surface area contributed by atoms with Crippen LogP contribution in [-0.4, -0.2) is 37.8 Å². The molecule has 0 radical (unpaired) electrons. The molecule has 28 heavy (non-hydrogen) atoms. The number of ether oxygens (including phenoxy) is 1. The molecule has 3 rings (SSSR count). The average molecular weight is 404 g/mol. The van der Waals surface area contributed by atoms with Crippen LogP contribution in [0.25, 0.3) is 0 Å². The number of amides is 2. The second-order valence-corrected chi connectivity index (χ2v) is 8.43. The Hall–Kier alpha value is -2.91. The molecule has 3 N–H and O–H groups in total. The number of urea groups is 1. The summed E-state index contributed by atoms with van der Waals surface area (Å²) in [6.45, 7) is 1.58. The third-order valence-corrected chi connectivity index (χ3v) is 6.83. The average Bonchev–Trinajstić information content (AvgIpc) is 2.80. The maximum Gasteiger partial charge on any atom is 0.339 e. The van der Waals surface area contributed by atoms with E-state index in [1.807, 2.05) is 0 Å². The normalized spacial score (nSPS) is 15.5. The van der Waals surface area contributed by atoms with E-state index in [0.29, 0.717) is 34.6 Å². The van der Waals surface area contributed by atoms with E-state index in [9.17, 15) is 23.2 Å². The van der Waals surface area contributed by atoms with E-state index in [4.69, 9.17) is 5.73 Å². The van der Waals surface area contributed by atoms with Gasteiger partial charge in [-0.3, -0.25) is 5.21 Å². The van der Waals surface area contributed by atoms with Crippen LogP contribution in [0.1, 0.15) is 40.0 Å². The summed E-state index contributed by atoms with van der Waals surface area (Å²) in [4.78, 5) is 23.2. The van der Waals surface area contributed by atoms with Crippen molar-refractivity contribution < 1.29 is 28.0 Å². The number of carbonyl (C=O) groups is 2. The van der Waals surface area contributed by atoms with Gasteiger partial charge in [0.25, 0.3) is 0 Å². The molecule has 2 aromatic carbocycles. The second-order valence-electron chi connectivity index (χ2n) is 6.54. The highest BCUT2D eigenvalue weighted by Crippen LogP contribution is 2.34. The summed E-state index contributed by atoms with van der Waals surface area (Å²) in [6, 6.07) is 7.40. The predicted molar refractivity (Wildman–Crippen MR) is 98.7 cm³/mol. The Kier molecular flexibility index (Phi) is 5.14. The Balaban J connectivity index is 2.09. The number of rotatable bonds is 3. The standard InChI is InChI=1S/C19H20N2O6S/c1-11(21(24)19(20)23)13-7-8-16-14(9-13)5-3-12-4-6-15(18(22)27-2)10-17(12)28(16,25)26/h4,6-11,24H,3,5H2,1-2H3,(H2,20,23). The van der Waals surface area contributed by atoms with Gasteiger partial charge in [-0.15, -0.1) is 0 Å². The molecule has 9 heteroatoms. The maximum atomic E-state index is 13.2. The van der Waals surface area contributed by atoms with Crippen molar-refractivity contribution in [3.8, 4) is 0 Å². The molecule has 0 fully saturated rings. The minimum Gasteiger partial charge on any atom is -0.465 e. The van der Waals surface area contributed by atoms with E-state index in [-0.39, 0.29) is 15.4 Å². The van der Waals surface area contributed by atoms with Crippen molar-refractivity contribution in [1.82, 2.24) is 5.06 Å². The maximum absolute atomic E-state index is 13.2. The summed E-state index contributed by atoms with van der Waals surface area (Å²) in [5.74, 6) is -0.610. The monoisotopic (exact) mass is 404 g/mol. The number of primary amides is 1. The lowest BCUT2D eigenvalue weighted by atomic mass is 9.99. The fourth-order valence-electron chi connectivity index (χ4n) is 3.29. The van der Waals surface area contributed by atoms with Crippen LogP contribution in [0.15, 0.2) is 46.2 Å². The number of sulfone groups is 1. The van der Waals surface area contributed by atoms with Gasteiger partial charge in [0.2, 0.25) is 9.84 Å². The highest BCUT2D eigenvalue weighted by Gasteiger charge is 2.29. The van der Waals surface area contributed by atoms with E-state index < -0.39 is 27.9 Å². The number of aryl methyl sites for hydroxylation is 2. The van der Waals surface area contributed by atoms with Gasteiger partial charge < -0.3 is 10.5 Å². The first kappa shape index (κ1) is 19.8. The third kappa shape index (κ3) is 3.34. The predicted octanol–water partition coefficient (Wildman–Crippen LogP) is 2.24. The quantitative estimate of drug-likeness (QED) is 0.459. The molecule has 8 nitrogen and oxygen atoms in total. The molecule has 0 saturated heterocycles. The van der Waals surface area contributed by atoms with Gasteiger partial charge in [-0.05, 0) is 54.7 Å². The van der Waals surface area contributed by atoms with Crippen molar-refractivity contribution in [2.45, 2.75) is 35.6 Å². The van der Waals surface area contributed by atoms with Crippen molar-refractivity contribution in [3.63, 3.8) is 0 Å². The number of nitrogens with zero attached hydrogens (tertiary/aromatic N) is 1. The molecular weight excluding hydrogens is 384 g/mol. The highest BCUT2D eigenvalue weighted by molar-refractivity contribution is 7.91. The third-order valence-electron chi connectivity index (χ3n) is 4.89. The van der Waals surface area contributed by atoms with Crippen LogP contribution in [0.4, 0.5) is 4.79 Å². The van der Waals surface area contributed by atoms with Crippen molar-refractivity contribution in [2.75, 3.05) is 7.11 Å². The van der Waals surface area contributed by atoms with Crippen LogP contribution in [0, 0.1) is 0 Å². The zero-order valence-corrected chi connectivity index (χ0v) is 16.2. The van der Waals surface area contributed by atoms with Crippen molar-refractivity contribution in [2.24, 2.45) is 5.73 Å². The van der Waals surface area contributed by atoms with Crippen LogP contribution >= 0.6 is 0 Å². The number of hydrogen-bond donors (Lipinski definition) is 2. The first-order chi connectivity index (χ1) is 13.2. The molecule has 0 saturated carbocycles. The summed E-state index contributed by atoms with van der Waals surface area (Å²) in [5.41, 5.74) is 6.98. The van der Waals surface area contributed by atoms with E-state index in [1.165, 1.54) is 25.3 Å². The molecule has 0 spiro atoms. The number of hydroxylamine groups is 2. The summed E-state index contributed by atoms with van der Waals surface area (Å²) in [5, 5.41) is 10.1. The van der Waals surface area contributed by atoms with Gasteiger partial charge in [0.05, 0.1) is 28.5 Å². The Labute approximate surface area is 162 Å². The van der Waals surface area contributed by atoms with Gasteiger partial charge in [-0.1, -0.05) is 18.2 Å². The Morgan fingerprint density at radius 1 is 1.11 bits per heavy atom. The molecule has 1 heterocycles. The minimum absolute atomic E-state index is 0.0795. The van der Waals surface area contributed by atoms with Gasteiger partial charge in [0.1, 0.15) is 0 Å². The van der Waals surface area contributed by atoms with Gasteiger partial charge in [-0.25, -0.2) is 18.0 Å². The molecule has 1 aliphatic heterocycles. The number of methoxy groups -OCH3 is 1. The minimum atomic E-state index is -3.86. The summed E-state index contributed by atoms with van der Waals surface area (Å²) in [6.07, 6.45) is 0.904.